The third-order valence-electron chi connectivity index (χ3n) is 2.66. The fourth-order valence-corrected chi connectivity index (χ4v) is 2.55. The molecule has 0 saturated heterocycles. The highest BCUT2D eigenvalue weighted by Gasteiger charge is 2.12. The molecule has 2 aromatic rings. The first-order chi connectivity index (χ1) is 8.06. The van der Waals surface area contributed by atoms with E-state index in [9.17, 15) is 9.00 Å². The fraction of sp³-hybridized carbons (Fsp3) is 0.250. The van der Waals surface area contributed by atoms with Crippen LogP contribution >= 0.6 is 0 Å². The molecular weight excluding hydrogens is 238 g/mol. The fourth-order valence-electron chi connectivity index (χ4n) is 1.87. The summed E-state index contributed by atoms with van der Waals surface area (Å²) in [6.07, 6.45) is 3.10. The quantitative estimate of drug-likeness (QED) is 0.808. The molecule has 4 nitrogen and oxygen atoms in total. The van der Waals surface area contributed by atoms with Crippen molar-refractivity contribution in [1.82, 2.24) is 4.57 Å². The Balaban J connectivity index is 2.97. The molecule has 0 bridgehead atoms. The van der Waals surface area contributed by atoms with Crippen molar-refractivity contribution in [1.29, 1.82) is 0 Å². The molecule has 90 valence electrons. The molecule has 0 amide bonds. The van der Waals surface area contributed by atoms with E-state index < -0.39 is 10.8 Å². The molecule has 17 heavy (non-hydrogen) atoms. The lowest BCUT2D eigenvalue weighted by Crippen LogP contribution is -2.14. The summed E-state index contributed by atoms with van der Waals surface area (Å²) in [4.78, 5) is 12.4. The van der Waals surface area contributed by atoms with Crippen LogP contribution in [0.2, 0.25) is 0 Å². The van der Waals surface area contributed by atoms with Gasteiger partial charge in [0.1, 0.15) is 10.6 Å². The van der Waals surface area contributed by atoms with Crippen LogP contribution in [0.1, 0.15) is 0 Å². The van der Waals surface area contributed by atoms with E-state index in [-0.39, 0.29) is 5.43 Å². The predicted molar refractivity (Wildman–Crippen MR) is 68.1 cm³/mol. The highest BCUT2D eigenvalue weighted by molar-refractivity contribution is 7.84. The van der Waals surface area contributed by atoms with Gasteiger partial charge >= 0.3 is 0 Å². The van der Waals surface area contributed by atoms with E-state index in [0.717, 1.165) is 0 Å². The maximum absolute atomic E-state index is 12.1. The maximum Gasteiger partial charge on any atom is 0.205 e. The number of methoxy groups -OCH3 is 1. The van der Waals surface area contributed by atoms with E-state index in [4.69, 9.17) is 4.74 Å². The van der Waals surface area contributed by atoms with Gasteiger partial charge in [-0.2, -0.15) is 0 Å². The Bertz CT molecular complexity index is 661. The second-order valence-electron chi connectivity index (χ2n) is 3.74. The lowest BCUT2D eigenvalue weighted by atomic mass is 10.2. The van der Waals surface area contributed by atoms with Crippen LogP contribution in [0.5, 0.6) is 5.75 Å². The van der Waals surface area contributed by atoms with Gasteiger partial charge in [0, 0.05) is 19.5 Å². The molecule has 0 N–H and O–H groups in total. The molecule has 0 aliphatic carbocycles. The Morgan fingerprint density at radius 1 is 1.35 bits per heavy atom. The van der Waals surface area contributed by atoms with E-state index >= 15 is 0 Å². The number of rotatable bonds is 2. The predicted octanol–water partition coefficient (Wildman–Crippen LogP) is 1.28. The maximum atomic E-state index is 12.1. The first-order valence-corrected chi connectivity index (χ1v) is 6.62. The first kappa shape index (κ1) is 11.9. The normalized spacial score (nSPS) is 12.6. The molecule has 0 radical (unpaired) electrons. The van der Waals surface area contributed by atoms with Crippen LogP contribution in [-0.4, -0.2) is 22.1 Å². The molecule has 0 aliphatic heterocycles. The average molecular weight is 251 g/mol. The van der Waals surface area contributed by atoms with Crippen molar-refractivity contribution in [3.05, 3.63) is 34.6 Å². The Labute approximate surface area is 101 Å². The Kier molecular flexibility index (Phi) is 3.02. The summed E-state index contributed by atoms with van der Waals surface area (Å²) in [5.41, 5.74) is 0.520. The average Bonchev–Trinajstić information content (AvgIpc) is 2.32. The molecule has 1 atom stereocenters. The van der Waals surface area contributed by atoms with E-state index in [1.165, 1.54) is 6.26 Å². The minimum absolute atomic E-state index is 0.196. The molecule has 0 aliphatic rings. The van der Waals surface area contributed by atoms with Crippen LogP contribution < -0.4 is 10.2 Å². The van der Waals surface area contributed by atoms with Crippen molar-refractivity contribution in [3.63, 3.8) is 0 Å². The molecular formula is C12H13NO3S. The largest absolute Gasteiger partial charge is 0.495 e. The van der Waals surface area contributed by atoms with Gasteiger partial charge in [-0.05, 0) is 12.1 Å². The molecule has 1 aromatic carbocycles. The van der Waals surface area contributed by atoms with Gasteiger partial charge in [0.05, 0.1) is 28.8 Å². The van der Waals surface area contributed by atoms with E-state index in [0.29, 0.717) is 21.5 Å². The van der Waals surface area contributed by atoms with Gasteiger partial charge in [0.2, 0.25) is 5.43 Å². The molecule has 1 heterocycles. The third-order valence-corrected chi connectivity index (χ3v) is 3.57. The summed E-state index contributed by atoms with van der Waals surface area (Å²) in [7, 11) is 2.08. The number of aromatic nitrogens is 1. The van der Waals surface area contributed by atoms with Crippen LogP contribution in [0, 0.1) is 0 Å². The molecule has 0 saturated carbocycles. The van der Waals surface area contributed by atoms with Gasteiger partial charge in [-0.25, -0.2) is 0 Å². The number of benzene rings is 1. The molecule has 0 fully saturated rings. The standard InChI is InChI=1S/C12H13NO3S/c1-13-7-10(17(3)15)12(14)8-5-4-6-9(16-2)11(8)13/h4-7H,1-3H3. The van der Waals surface area contributed by atoms with E-state index in [1.807, 2.05) is 0 Å². The number of para-hydroxylation sites is 1. The number of nitrogens with zero attached hydrogens (tertiary/aromatic N) is 1. The van der Waals surface area contributed by atoms with Crippen LogP contribution in [-0.2, 0) is 17.8 Å². The minimum atomic E-state index is -1.29. The van der Waals surface area contributed by atoms with Gasteiger partial charge in [-0.15, -0.1) is 0 Å². The van der Waals surface area contributed by atoms with Gasteiger partial charge in [0.25, 0.3) is 0 Å². The summed E-state index contributed by atoms with van der Waals surface area (Å²) >= 11 is 0. The first-order valence-electron chi connectivity index (χ1n) is 5.06. The summed E-state index contributed by atoms with van der Waals surface area (Å²) in [6.45, 7) is 0. The SMILES string of the molecule is COc1cccc2c(=O)c(S(C)=O)cn(C)c12. The molecule has 1 aromatic heterocycles. The zero-order chi connectivity index (χ0) is 12.6. The Morgan fingerprint density at radius 3 is 2.65 bits per heavy atom. The number of hydrogen-bond donors (Lipinski definition) is 0. The van der Waals surface area contributed by atoms with Crippen LogP contribution in [0.3, 0.4) is 0 Å². The summed E-state index contributed by atoms with van der Waals surface area (Å²) in [6, 6.07) is 5.27. The molecule has 0 spiro atoms. The van der Waals surface area contributed by atoms with E-state index in [1.54, 1.807) is 43.1 Å². The van der Waals surface area contributed by atoms with E-state index in [2.05, 4.69) is 0 Å². The van der Waals surface area contributed by atoms with Crippen molar-refractivity contribution in [2.24, 2.45) is 7.05 Å². The van der Waals surface area contributed by atoms with Gasteiger partial charge < -0.3 is 9.30 Å². The molecule has 2 rings (SSSR count). The summed E-state index contributed by atoms with van der Waals surface area (Å²) < 4.78 is 18.5. The highest BCUT2D eigenvalue weighted by atomic mass is 32.2. The van der Waals surface area contributed by atoms with Crippen molar-refractivity contribution in [3.8, 4) is 5.75 Å². The topological polar surface area (TPSA) is 48.3 Å². The highest BCUT2D eigenvalue weighted by Crippen LogP contribution is 2.23. The summed E-state index contributed by atoms with van der Waals surface area (Å²) in [5.74, 6) is 0.635. The Hall–Kier alpha value is -1.62. The second kappa shape index (κ2) is 4.33. The van der Waals surface area contributed by atoms with Crippen LogP contribution in [0.15, 0.2) is 34.1 Å². The third kappa shape index (κ3) is 1.86. The lowest BCUT2D eigenvalue weighted by Gasteiger charge is -2.11. The monoisotopic (exact) mass is 251 g/mol. The zero-order valence-electron chi connectivity index (χ0n) is 9.89. The van der Waals surface area contributed by atoms with Gasteiger partial charge in [-0.3, -0.25) is 9.00 Å². The van der Waals surface area contributed by atoms with Crippen molar-refractivity contribution >= 4 is 21.7 Å². The van der Waals surface area contributed by atoms with Crippen molar-refractivity contribution in [2.75, 3.05) is 13.4 Å². The number of pyridine rings is 1. The van der Waals surface area contributed by atoms with Crippen LogP contribution in [0.4, 0.5) is 0 Å². The minimum Gasteiger partial charge on any atom is -0.495 e. The van der Waals surface area contributed by atoms with Crippen LogP contribution in [0.25, 0.3) is 10.9 Å². The second-order valence-corrected chi connectivity index (χ2v) is 5.09. The zero-order valence-corrected chi connectivity index (χ0v) is 10.7. The molecule has 1 unspecified atom stereocenters. The number of fused-ring (bicyclic) bond motifs is 1. The van der Waals surface area contributed by atoms with Gasteiger partial charge in [-0.1, -0.05) is 6.07 Å². The van der Waals surface area contributed by atoms with Crippen molar-refractivity contribution in [2.45, 2.75) is 4.90 Å². The lowest BCUT2D eigenvalue weighted by molar-refractivity contribution is 0.417. The number of aryl methyl sites for hydroxylation is 1. The smallest absolute Gasteiger partial charge is 0.205 e. The van der Waals surface area contributed by atoms with Gasteiger partial charge in [0.15, 0.2) is 0 Å². The Morgan fingerprint density at radius 2 is 2.06 bits per heavy atom. The van der Waals surface area contributed by atoms with Crippen molar-refractivity contribution < 1.29 is 8.95 Å². The molecule has 5 heteroatoms. The number of hydrogen-bond acceptors (Lipinski definition) is 3. The number of ether oxygens (including phenoxy) is 1. The summed E-state index contributed by atoms with van der Waals surface area (Å²) in [5, 5.41) is 0.527.